The van der Waals surface area contributed by atoms with Crippen molar-refractivity contribution < 1.29 is 27.5 Å². The summed E-state index contributed by atoms with van der Waals surface area (Å²) in [6.45, 7) is 1.42. The zero-order chi connectivity index (χ0) is 21.9. The smallest absolute Gasteiger partial charge is 0.416 e. The number of alkyl halides is 3. The monoisotopic (exact) mass is 419 g/mol. The Morgan fingerprint density at radius 3 is 2.63 bits per heavy atom. The van der Waals surface area contributed by atoms with E-state index in [0.717, 1.165) is 16.9 Å². The maximum atomic E-state index is 12.9. The Kier molecular flexibility index (Phi) is 5.81. The summed E-state index contributed by atoms with van der Waals surface area (Å²) in [6, 6.07) is 9.19. The normalized spacial score (nSPS) is 11.2. The minimum absolute atomic E-state index is 0.0437. The fourth-order valence-corrected chi connectivity index (χ4v) is 2.58. The van der Waals surface area contributed by atoms with E-state index < -0.39 is 23.6 Å². The number of carbonyl (C=O) groups excluding carboxylic acids is 2. The molecule has 1 amide bonds. The van der Waals surface area contributed by atoms with Crippen molar-refractivity contribution >= 4 is 17.6 Å². The number of methoxy groups -OCH3 is 1. The Morgan fingerprint density at radius 2 is 1.93 bits per heavy atom. The van der Waals surface area contributed by atoms with Crippen LogP contribution in [-0.2, 0) is 22.3 Å². The van der Waals surface area contributed by atoms with E-state index >= 15 is 0 Å². The Hall–Kier alpha value is -3.76. The van der Waals surface area contributed by atoms with Gasteiger partial charge in [-0.1, -0.05) is 18.2 Å². The average molecular weight is 419 g/mol. The van der Waals surface area contributed by atoms with Gasteiger partial charge in [-0.3, -0.25) is 4.79 Å². The number of ether oxygens (including phenoxy) is 1. The molecule has 0 saturated heterocycles. The van der Waals surface area contributed by atoms with Gasteiger partial charge in [0.15, 0.2) is 0 Å². The van der Waals surface area contributed by atoms with Crippen LogP contribution >= 0.6 is 0 Å². The number of nitrogens with zero attached hydrogens (tertiary/aromatic N) is 4. The summed E-state index contributed by atoms with van der Waals surface area (Å²) in [5, 5.41) is 14.0. The van der Waals surface area contributed by atoms with Gasteiger partial charge in [-0.15, -0.1) is 10.2 Å². The number of tetrazole rings is 1. The number of aromatic nitrogens is 4. The van der Waals surface area contributed by atoms with Crippen LogP contribution in [-0.4, -0.2) is 39.2 Å². The van der Waals surface area contributed by atoms with E-state index in [4.69, 9.17) is 0 Å². The number of hydrogen-bond acceptors (Lipinski definition) is 6. The molecule has 0 spiro atoms. The van der Waals surface area contributed by atoms with E-state index in [1.165, 1.54) is 25.3 Å². The number of hydrogen-bond donors (Lipinski definition) is 1. The number of anilines is 1. The van der Waals surface area contributed by atoms with Crippen LogP contribution in [0, 0.1) is 6.92 Å². The summed E-state index contributed by atoms with van der Waals surface area (Å²) in [5.41, 5.74) is 0.672. The topological polar surface area (TPSA) is 99.0 Å². The van der Waals surface area contributed by atoms with Crippen LogP contribution in [0.1, 0.15) is 21.5 Å². The molecular weight excluding hydrogens is 403 g/mol. The van der Waals surface area contributed by atoms with Gasteiger partial charge in [0.2, 0.25) is 11.7 Å². The first-order valence-electron chi connectivity index (χ1n) is 8.61. The Morgan fingerprint density at radius 1 is 1.17 bits per heavy atom. The van der Waals surface area contributed by atoms with Crippen LogP contribution in [0.5, 0.6) is 0 Å². The molecule has 0 fully saturated rings. The fourth-order valence-electron chi connectivity index (χ4n) is 2.58. The van der Waals surface area contributed by atoms with Crippen LogP contribution in [0.2, 0.25) is 0 Å². The summed E-state index contributed by atoms with van der Waals surface area (Å²) in [7, 11) is 1.25. The number of benzene rings is 2. The molecular formula is C19H16F3N5O3. The minimum atomic E-state index is -4.50. The molecule has 3 aromatic rings. The summed E-state index contributed by atoms with van der Waals surface area (Å²) in [5.74, 6) is -1.10. The molecule has 0 aliphatic rings. The summed E-state index contributed by atoms with van der Waals surface area (Å²) >= 11 is 0. The van der Waals surface area contributed by atoms with Gasteiger partial charge in [0.05, 0.1) is 18.2 Å². The number of nitrogens with one attached hydrogen (secondary N) is 1. The van der Waals surface area contributed by atoms with Crippen LogP contribution in [0.3, 0.4) is 0 Å². The number of amides is 1. The molecule has 0 bridgehead atoms. The van der Waals surface area contributed by atoms with E-state index in [0.29, 0.717) is 11.3 Å². The Balaban J connectivity index is 1.73. The molecule has 1 N–H and O–H groups in total. The lowest BCUT2D eigenvalue weighted by Gasteiger charge is -2.09. The molecule has 11 heteroatoms. The first-order chi connectivity index (χ1) is 14.2. The zero-order valence-corrected chi connectivity index (χ0v) is 15.9. The third kappa shape index (κ3) is 4.80. The van der Waals surface area contributed by atoms with Crippen LogP contribution < -0.4 is 5.32 Å². The molecule has 0 unspecified atom stereocenters. The summed E-state index contributed by atoms with van der Waals surface area (Å²) < 4.78 is 43.2. The number of halogens is 3. The van der Waals surface area contributed by atoms with E-state index in [2.05, 4.69) is 25.5 Å². The highest BCUT2D eigenvalue weighted by atomic mass is 19.4. The molecule has 1 aromatic heterocycles. The maximum absolute atomic E-state index is 12.9. The molecule has 156 valence electrons. The van der Waals surface area contributed by atoms with E-state index in [1.54, 1.807) is 19.1 Å². The lowest BCUT2D eigenvalue weighted by molar-refractivity contribution is -0.137. The highest BCUT2D eigenvalue weighted by Gasteiger charge is 2.30. The average Bonchev–Trinajstić information content (AvgIpc) is 3.17. The summed E-state index contributed by atoms with van der Waals surface area (Å²) in [6.07, 6.45) is -4.50. The highest BCUT2D eigenvalue weighted by Crippen LogP contribution is 2.31. The van der Waals surface area contributed by atoms with Gasteiger partial charge in [0.25, 0.3) is 0 Å². The molecule has 0 radical (unpaired) electrons. The standard InChI is InChI=1S/C19H16F3N5O3/c1-11-6-7-13(18(29)30-2)9-15(11)23-16(28)10-27-25-17(24-26-27)12-4-3-5-14(8-12)19(20,21)22/h3-9H,10H2,1-2H3,(H,23,28). The van der Waals surface area contributed by atoms with Crippen molar-refractivity contribution in [2.45, 2.75) is 19.6 Å². The second kappa shape index (κ2) is 8.31. The molecule has 30 heavy (non-hydrogen) atoms. The second-order valence-electron chi connectivity index (χ2n) is 6.29. The number of esters is 1. The molecule has 3 rings (SSSR count). The maximum Gasteiger partial charge on any atom is 0.416 e. The molecule has 0 aliphatic carbocycles. The predicted octanol–water partition coefficient (Wildman–Crippen LogP) is 3.09. The largest absolute Gasteiger partial charge is 0.465 e. The zero-order valence-electron chi connectivity index (χ0n) is 15.9. The first-order valence-corrected chi connectivity index (χ1v) is 8.61. The first kappa shape index (κ1) is 21.0. The number of carbonyl (C=O) groups is 2. The van der Waals surface area contributed by atoms with Crippen molar-refractivity contribution in [1.29, 1.82) is 0 Å². The quantitative estimate of drug-likeness (QED) is 0.638. The third-order valence-corrected chi connectivity index (χ3v) is 4.12. The molecule has 8 nitrogen and oxygen atoms in total. The molecule has 0 atom stereocenters. The van der Waals surface area contributed by atoms with Gasteiger partial charge in [0.1, 0.15) is 6.54 Å². The van der Waals surface area contributed by atoms with Crippen molar-refractivity contribution in [1.82, 2.24) is 20.2 Å². The molecule has 1 heterocycles. The van der Waals surface area contributed by atoms with Gasteiger partial charge in [-0.25, -0.2) is 4.79 Å². The van der Waals surface area contributed by atoms with Crippen molar-refractivity contribution in [2.75, 3.05) is 12.4 Å². The lowest BCUT2D eigenvalue weighted by Crippen LogP contribution is -2.21. The predicted molar refractivity (Wildman–Crippen MR) is 99.4 cm³/mol. The van der Waals surface area contributed by atoms with E-state index in [-0.39, 0.29) is 23.5 Å². The van der Waals surface area contributed by atoms with Crippen molar-refractivity contribution in [3.05, 3.63) is 59.2 Å². The number of aryl methyl sites for hydroxylation is 1. The van der Waals surface area contributed by atoms with Crippen LogP contribution in [0.4, 0.5) is 18.9 Å². The molecule has 0 aliphatic heterocycles. The van der Waals surface area contributed by atoms with Gasteiger partial charge in [0, 0.05) is 11.3 Å². The third-order valence-electron chi connectivity index (χ3n) is 4.12. The lowest BCUT2D eigenvalue weighted by atomic mass is 10.1. The van der Waals surface area contributed by atoms with Gasteiger partial charge < -0.3 is 10.1 Å². The van der Waals surface area contributed by atoms with Gasteiger partial charge in [-0.2, -0.15) is 18.0 Å². The number of rotatable bonds is 5. The minimum Gasteiger partial charge on any atom is -0.465 e. The summed E-state index contributed by atoms with van der Waals surface area (Å²) in [4.78, 5) is 24.9. The van der Waals surface area contributed by atoms with Crippen LogP contribution in [0.15, 0.2) is 42.5 Å². The van der Waals surface area contributed by atoms with E-state index in [9.17, 15) is 22.8 Å². The fraction of sp³-hybridized carbons (Fsp3) is 0.211. The highest BCUT2D eigenvalue weighted by molar-refractivity contribution is 5.95. The van der Waals surface area contributed by atoms with Gasteiger partial charge >= 0.3 is 12.1 Å². The van der Waals surface area contributed by atoms with Crippen LogP contribution in [0.25, 0.3) is 11.4 Å². The van der Waals surface area contributed by atoms with Crippen molar-refractivity contribution in [2.24, 2.45) is 0 Å². The van der Waals surface area contributed by atoms with Crippen molar-refractivity contribution in [3.63, 3.8) is 0 Å². The van der Waals surface area contributed by atoms with E-state index in [1.807, 2.05) is 0 Å². The Bertz CT molecular complexity index is 1100. The van der Waals surface area contributed by atoms with Crippen molar-refractivity contribution in [3.8, 4) is 11.4 Å². The second-order valence-corrected chi connectivity index (χ2v) is 6.29. The molecule has 0 saturated carbocycles. The Labute approximate surface area is 168 Å². The van der Waals surface area contributed by atoms with Gasteiger partial charge in [-0.05, 0) is 42.0 Å². The molecule has 2 aromatic carbocycles. The SMILES string of the molecule is COC(=O)c1ccc(C)c(NC(=O)Cn2nnc(-c3cccc(C(F)(F)F)c3)n2)c1.